The lowest BCUT2D eigenvalue weighted by atomic mass is 10.2. The van der Waals surface area contributed by atoms with Crippen LogP contribution in [0.15, 0.2) is 30.3 Å². The van der Waals surface area contributed by atoms with Crippen molar-refractivity contribution in [3.05, 3.63) is 36.2 Å². The van der Waals surface area contributed by atoms with Crippen LogP contribution in [0.1, 0.15) is 24.7 Å². The third-order valence-electron chi connectivity index (χ3n) is 2.93. The Labute approximate surface area is 106 Å². The van der Waals surface area contributed by atoms with Gasteiger partial charge in [-0.05, 0) is 19.4 Å². The maximum atomic E-state index is 4.53. The Hall–Kier alpha value is -1.39. The largest absolute Gasteiger partial charge is 0.307 e. The summed E-state index contributed by atoms with van der Waals surface area (Å²) in [7, 11) is 0. The average Bonchev–Trinajstić information content (AvgIpc) is 3.01. The predicted octanol–water partition coefficient (Wildman–Crippen LogP) is 2.32. The summed E-state index contributed by atoms with van der Waals surface area (Å²) in [5.41, 5.74) is 1.06. The second-order valence-corrected chi connectivity index (χ2v) is 4.06. The van der Waals surface area contributed by atoms with Crippen LogP contribution in [0, 0.1) is 0 Å². The van der Waals surface area contributed by atoms with E-state index in [1.165, 1.54) is 6.42 Å². The topological polar surface area (TPSA) is 53.6 Å². The second kappa shape index (κ2) is 5.29. The van der Waals surface area contributed by atoms with E-state index in [0.29, 0.717) is 6.04 Å². The minimum absolute atomic E-state index is 0. The highest BCUT2D eigenvalue weighted by molar-refractivity contribution is 5.85. The molecule has 1 atom stereocenters. The van der Waals surface area contributed by atoms with Gasteiger partial charge in [0.1, 0.15) is 5.82 Å². The van der Waals surface area contributed by atoms with Gasteiger partial charge in [0.05, 0.1) is 6.04 Å². The first-order valence-electron chi connectivity index (χ1n) is 5.64. The molecule has 2 heterocycles. The van der Waals surface area contributed by atoms with Gasteiger partial charge in [0.15, 0.2) is 5.82 Å². The van der Waals surface area contributed by atoms with Gasteiger partial charge in [-0.3, -0.25) is 5.10 Å². The predicted molar refractivity (Wildman–Crippen MR) is 69.0 cm³/mol. The zero-order chi connectivity index (χ0) is 10.8. The minimum atomic E-state index is 0. The fourth-order valence-electron chi connectivity index (χ4n) is 2.06. The van der Waals surface area contributed by atoms with E-state index in [2.05, 4.69) is 20.5 Å². The summed E-state index contributed by atoms with van der Waals surface area (Å²) in [6, 6.07) is 10.4. The van der Waals surface area contributed by atoms with Gasteiger partial charge in [-0.25, -0.2) is 4.98 Å². The van der Waals surface area contributed by atoms with Crippen LogP contribution in [0.5, 0.6) is 0 Å². The van der Waals surface area contributed by atoms with Crippen LogP contribution < -0.4 is 5.32 Å². The molecule has 1 aromatic carbocycles. The summed E-state index contributed by atoms with van der Waals surface area (Å²) in [5.74, 6) is 1.74. The normalized spacial score (nSPS) is 18.9. The fraction of sp³-hybridized carbons (Fsp3) is 0.333. The molecular formula is C12H15ClN4. The van der Waals surface area contributed by atoms with Crippen molar-refractivity contribution in [2.75, 3.05) is 6.54 Å². The molecule has 0 amide bonds. The highest BCUT2D eigenvalue weighted by Crippen LogP contribution is 2.22. The molecular weight excluding hydrogens is 236 g/mol. The van der Waals surface area contributed by atoms with Gasteiger partial charge in [-0.2, -0.15) is 5.10 Å². The van der Waals surface area contributed by atoms with Gasteiger partial charge < -0.3 is 5.32 Å². The summed E-state index contributed by atoms with van der Waals surface area (Å²) >= 11 is 0. The van der Waals surface area contributed by atoms with Crippen LogP contribution in [0.3, 0.4) is 0 Å². The lowest BCUT2D eigenvalue weighted by Gasteiger charge is -2.03. The molecule has 0 unspecified atom stereocenters. The molecule has 0 saturated carbocycles. The molecule has 17 heavy (non-hydrogen) atoms. The Morgan fingerprint density at radius 2 is 2.00 bits per heavy atom. The van der Waals surface area contributed by atoms with E-state index in [-0.39, 0.29) is 12.4 Å². The SMILES string of the molecule is Cl.c1ccc(-c2n[nH]c([C@H]3CCCN3)n2)cc1. The molecule has 2 aromatic rings. The van der Waals surface area contributed by atoms with E-state index in [9.17, 15) is 0 Å². The molecule has 2 N–H and O–H groups in total. The number of aromatic nitrogens is 3. The summed E-state index contributed by atoms with van der Waals surface area (Å²) < 4.78 is 0. The standard InChI is InChI=1S/C12H14N4.ClH/c1-2-5-9(6-3-1)11-14-12(16-15-11)10-7-4-8-13-10;/h1-3,5-6,10,13H,4,7-8H2,(H,14,15,16);1H/t10-;/m1./s1. The molecule has 0 radical (unpaired) electrons. The highest BCUT2D eigenvalue weighted by Gasteiger charge is 2.19. The van der Waals surface area contributed by atoms with Crippen LogP contribution in [0.4, 0.5) is 0 Å². The van der Waals surface area contributed by atoms with Crippen molar-refractivity contribution < 1.29 is 0 Å². The first-order valence-corrected chi connectivity index (χ1v) is 5.64. The van der Waals surface area contributed by atoms with Crippen LogP contribution in [-0.2, 0) is 0 Å². The summed E-state index contributed by atoms with van der Waals surface area (Å²) in [5, 5.41) is 10.7. The Balaban J connectivity index is 0.00000108. The zero-order valence-corrected chi connectivity index (χ0v) is 10.2. The van der Waals surface area contributed by atoms with E-state index in [0.717, 1.165) is 30.2 Å². The number of nitrogens with zero attached hydrogens (tertiary/aromatic N) is 2. The Morgan fingerprint density at radius 1 is 1.18 bits per heavy atom. The number of nitrogens with one attached hydrogen (secondary N) is 2. The molecule has 0 spiro atoms. The van der Waals surface area contributed by atoms with E-state index >= 15 is 0 Å². The molecule has 4 nitrogen and oxygen atoms in total. The van der Waals surface area contributed by atoms with Crippen molar-refractivity contribution in [1.29, 1.82) is 0 Å². The number of halogens is 1. The van der Waals surface area contributed by atoms with Gasteiger partial charge in [-0.1, -0.05) is 30.3 Å². The van der Waals surface area contributed by atoms with E-state index in [4.69, 9.17) is 0 Å². The van der Waals surface area contributed by atoms with Gasteiger partial charge in [0, 0.05) is 5.56 Å². The van der Waals surface area contributed by atoms with Crippen LogP contribution >= 0.6 is 12.4 Å². The van der Waals surface area contributed by atoms with Gasteiger partial charge in [0.25, 0.3) is 0 Å². The summed E-state index contributed by atoms with van der Waals surface area (Å²) in [6.07, 6.45) is 2.36. The highest BCUT2D eigenvalue weighted by atomic mass is 35.5. The molecule has 1 aromatic heterocycles. The number of rotatable bonds is 2. The quantitative estimate of drug-likeness (QED) is 0.860. The van der Waals surface area contributed by atoms with Crippen LogP contribution in [0.25, 0.3) is 11.4 Å². The first kappa shape index (κ1) is 12.1. The number of hydrogen-bond donors (Lipinski definition) is 2. The number of aromatic amines is 1. The van der Waals surface area contributed by atoms with Crippen molar-refractivity contribution >= 4 is 12.4 Å². The van der Waals surface area contributed by atoms with Crippen molar-refractivity contribution in [3.8, 4) is 11.4 Å². The Kier molecular flexibility index (Phi) is 3.76. The molecule has 1 aliphatic rings. The van der Waals surface area contributed by atoms with E-state index in [1.807, 2.05) is 30.3 Å². The van der Waals surface area contributed by atoms with Crippen molar-refractivity contribution in [2.45, 2.75) is 18.9 Å². The molecule has 1 fully saturated rings. The molecule has 1 saturated heterocycles. The van der Waals surface area contributed by atoms with Gasteiger partial charge in [-0.15, -0.1) is 12.4 Å². The Morgan fingerprint density at radius 3 is 2.71 bits per heavy atom. The smallest absolute Gasteiger partial charge is 0.181 e. The van der Waals surface area contributed by atoms with E-state index < -0.39 is 0 Å². The first-order chi connectivity index (χ1) is 7.93. The maximum Gasteiger partial charge on any atom is 0.181 e. The maximum absolute atomic E-state index is 4.53. The third-order valence-corrected chi connectivity index (χ3v) is 2.93. The minimum Gasteiger partial charge on any atom is -0.307 e. The molecule has 0 bridgehead atoms. The van der Waals surface area contributed by atoms with Crippen LogP contribution in [-0.4, -0.2) is 21.7 Å². The summed E-state index contributed by atoms with van der Waals surface area (Å²) in [6.45, 7) is 1.08. The second-order valence-electron chi connectivity index (χ2n) is 4.06. The fourth-order valence-corrected chi connectivity index (χ4v) is 2.06. The number of hydrogen-bond acceptors (Lipinski definition) is 3. The van der Waals surface area contributed by atoms with Crippen molar-refractivity contribution in [3.63, 3.8) is 0 Å². The zero-order valence-electron chi connectivity index (χ0n) is 9.39. The van der Waals surface area contributed by atoms with E-state index in [1.54, 1.807) is 0 Å². The average molecular weight is 251 g/mol. The number of benzene rings is 1. The van der Waals surface area contributed by atoms with Crippen LogP contribution in [0.2, 0.25) is 0 Å². The molecule has 3 rings (SSSR count). The number of H-pyrrole nitrogens is 1. The molecule has 90 valence electrons. The lowest BCUT2D eigenvalue weighted by Crippen LogP contribution is -2.14. The molecule has 5 heteroatoms. The molecule has 0 aliphatic carbocycles. The monoisotopic (exact) mass is 250 g/mol. The van der Waals surface area contributed by atoms with Gasteiger partial charge >= 0.3 is 0 Å². The molecule has 1 aliphatic heterocycles. The lowest BCUT2D eigenvalue weighted by molar-refractivity contribution is 0.608. The van der Waals surface area contributed by atoms with Crippen molar-refractivity contribution in [1.82, 2.24) is 20.5 Å². The Bertz CT molecular complexity index is 462. The van der Waals surface area contributed by atoms with Gasteiger partial charge in [0.2, 0.25) is 0 Å². The third kappa shape index (κ3) is 2.48. The van der Waals surface area contributed by atoms with Crippen molar-refractivity contribution in [2.24, 2.45) is 0 Å². The summed E-state index contributed by atoms with van der Waals surface area (Å²) in [4.78, 5) is 4.53.